The highest BCUT2D eigenvalue weighted by molar-refractivity contribution is 7.99. The third-order valence-corrected chi connectivity index (χ3v) is 5.10. The van der Waals surface area contributed by atoms with E-state index in [9.17, 15) is 9.18 Å². The van der Waals surface area contributed by atoms with Gasteiger partial charge in [0.2, 0.25) is 11.0 Å². The lowest BCUT2D eigenvalue weighted by Crippen LogP contribution is -2.15. The quantitative estimate of drug-likeness (QED) is 0.646. The number of amides is 1. The van der Waals surface area contributed by atoms with Gasteiger partial charge in [0.25, 0.3) is 0 Å². The van der Waals surface area contributed by atoms with E-state index in [1.165, 1.54) is 29.2 Å². The molecule has 0 saturated carbocycles. The molecule has 0 radical (unpaired) electrons. The van der Waals surface area contributed by atoms with Crippen LogP contribution < -0.4 is 5.32 Å². The molecule has 1 amide bonds. The van der Waals surface area contributed by atoms with Crippen molar-refractivity contribution in [3.8, 4) is 11.4 Å². The van der Waals surface area contributed by atoms with Gasteiger partial charge in [-0.2, -0.15) is 0 Å². The topological polar surface area (TPSA) is 85.6 Å². The van der Waals surface area contributed by atoms with Crippen molar-refractivity contribution in [2.45, 2.75) is 32.0 Å². The summed E-state index contributed by atoms with van der Waals surface area (Å²) in [5.41, 5.74) is 0.384. The van der Waals surface area contributed by atoms with Gasteiger partial charge in [-0.3, -0.25) is 14.7 Å². The maximum atomic E-state index is 14.1. The Bertz CT molecular complexity index is 923. The van der Waals surface area contributed by atoms with E-state index in [0.29, 0.717) is 21.7 Å². The van der Waals surface area contributed by atoms with Crippen molar-refractivity contribution in [3.63, 3.8) is 0 Å². The molecule has 3 aromatic rings. The van der Waals surface area contributed by atoms with Crippen LogP contribution in [0.15, 0.2) is 29.4 Å². The Morgan fingerprint density at radius 1 is 1.27 bits per heavy atom. The SMILES string of the molecule is Cc1nnc(NC(=O)CSc2nnc(-c3ccccc3F)n2C(C)C)s1. The molecule has 0 aliphatic rings. The first-order valence-electron chi connectivity index (χ1n) is 7.88. The average molecular weight is 392 g/mol. The minimum Gasteiger partial charge on any atom is -0.300 e. The number of nitrogens with one attached hydrogen (secondary N) is 1. The first-order valence-corrected chi connectivity index (χ1v) is 9.68. The van der Waals surface area contributed by atoms with E-state index < -0.39 is 0 Å². The second kappa shape index (κ2) is 7.92. The lowest BCUT2D eigenvalue weighted by Gasteiger charge is -2.13. The molecule has 1 N–H and O–H groups in total. The van der Waals surface area contributed by atoms with Crippen molar-refractivity contribution in [3.05, 3.63) is 35.1 Å². The molecule has 0 saturated heterocycles. The molecule has 2 heterocycles. The summed E-state index contributed by atoms with van der Waals surface area (Å²) in [6, 6.07) is 6.44. The summed E-state index contributed by atoms with van der Waals surface area (Å²) < 4.78 is 15.9. The van der Waals surface area contributed by atoms with Crippen LogP contribution in [0.5, 0.6) is 0 Å². The Kier molecular flexibility index (Phi) is 5.62. The third-order valence-electron chi connectivity index (χ3n) is 3.40. The minimum atomic E-state index is -0.359. The van der Waals surface area contributed by atoms with Crippen molar-refractivity contribution >= 4 is 34.1 Å². The van der Waals surface area contributed by atoms with Crippen LogP contribution in [0.2, 0.25) is 0 Å². The number of carbonyl (C=O) groups excluding carboxylic acids is 1. The molecule has 3 rings (SSSR count). The third kappa shape index (κ3) is 4.07. The van der Waals surface area contributed by atoms with Crippen molar-refractivity contribution in [2.75, 3.05) is 11.1 Å². The van der Waals surface area contributed by atoms with E-state index >= 15 is 0 Å². The van der Waals surface area contributed by atoms with E-state index in [4.69, 9.17) is 0 Å². The molecule has 0 fully saturated rings. The maximum absolute atomic E-state index is 14.1. The summed E-state index contributed by atoms with van der Waals surface area (Å²) in [6.07, 6.45) is 0. The number of thioether (sulfide) groups is 1. The highest BCUT2D eigenvalue weighted by Crippen LogP contribution is 2.29. The van der Waals surface area contributed by atoms with Gasteiger partial charge in [0, 0.05) is 6.04 Å². The molecule has 26 heavy (non-hydrogen) atoms. The van der Waals surface area contributed by atoms with E-state index in [0.717, 1.165) is 5.01 Å². The summed E-state index contributed by atoms with van der Waals surface area (Å²) in [5.74, 6) is 0.0150. The van der Waals surface area contributed by atoms with E-state index in [1.54, 1.807) is 18.2 Å². The highest BCUT2D eigenvalue weighted by Gasteiger charge is 2.20. The fourth-order valence-corrected chi connectivity index (χ4v) is 3.77. The van der Waals surface area contributed by atoms with Crippen molar-refractivity contribution in [1.29, 1.82) is 0 Å². The predicted molar refractivity (Wildman–Crippen MR) is 99.8 cm³/mol. The molecule has 2 aromatic heterocycles. The Balaban J connectivity index is 1.76. The fraction of sp³-hybridized carbons (Fsp3) is 0.312. The van der Waals surface area contributed by atoms with E-state index in [1.807, 2.05) is 25.3 Å². The van der Waals surface area contributed by atoms with Gasteiger partial charge in [-0.05, 0) is 32.9 Å². The summed E-state index contributed by atoms with van der Waals surface area (Å²) in [6.45, 7) is 5.74. The van der Waals surface area contributed by atoms with Crippen molar-refractivity contribution in [2.24, 2.45) is 0 Å². The molecule has 0 aliphatic heterocycles. The molecule has 7 nitrogen and oxygen atoms in total. The Morgan fingerprint density at radius 3 is 2.69 bits per heavy atom. The van der Waals surface area contributed by atoms with Gasteiger partial charge in [-0.15, -0.1) is 20.4 Å². The van der Waals surface area contributed by atoms with Gasteiger partial charge in [-0.25, -0.2) is 4.39 Å². The summed E-state index contributed by atoms with van der Waals surface area (Å²) in [7, 11) is 0. The Morgan fingerprint density at radius 2 is 2.04 bits per heavy atom. The highest BCUT2D eigenvalue weighted by atomic mass is 32.2. The molecule has 10 heteroatoms. The molecule has 0 bridgehead atoms. The normalized spacial score (nSPS) is 11.1. The minimum absolute atomic E-state index is 0.0102. The second-order valence-electron chi connectivity index (χ2n) is 5.71. The number of benzene rings is 1. The fourth-order valence-electron chi connectivity index (χ4n) is 2.30. The lowest BCUT2D eigenvalue weighted by molar-refractivity contribution is -0.113. The number of hydrogen-bond acceptors (Lipinski definition) is 7. The molecule has 0 spiro atoms. The monoisotopic (exact) mass is 392 g/mol. The zero-order valence-corrected chi connectivity index (χ0v) is 16.1. The zero-order chi connectivity index (χ0) is 18.7. The van der Waals surface area contributed by atoms with Gasteiger partial charge >= 0.3 is 0 Å². The van der Waals surface area contributed by atoms with Gasteiger partial charge in [-0.1, -0.05) is 35.2 Å². The van der Waals surface area contributed by atoms with Crippen LogP contribution in [-0.4, -0.2) is 36.6 Å². The first-order chi connectivity index (χ1) is 12.5. The summed E-state index contributed by atoms with van der Waals surface area (Å²) >= 11 is 2.55. The summed E-state index contributed by atoms with van der Waals surface area (Å²) in [5, 5.41) is 20.5. The largest absolute Gasteiger partial charge is 0.300 e. The zero-order valence-electron chi connectivity index (χ0n) is 14.4. The first kappa shape index (κ1) is 18.5. The number of aryl methyl sites for hydroxylation is 1. The number of aromatic nitrogens is 5. The van der Waals surface area contributed by atoms with Crippen LogP contribution in [0.25, 0.3) is 11.4 Å². The number of anilines is 1. The second-order valence-corrected chi connectivity index (χ2v) is 7.84. The number of nitrogens with zero attached hydrogens (tertiary/aromatic N) is 5. The van der Waals surface area contributed by atoms with Gasteiger partial charge in [0.1, 0.15) is 10.8 Å². The van der Waals surface area contributed by atoms with Gasteiger partial charge in [0.15, 0.2) is 11.0 Å². The van der Waals surface area contributed by atoms with Crippen molar-refractivity contribution < 1.29 is 9.18 Å². The Labute approximate surface area is 158 Å². The van der Waals surface area contributed by atoms with Crippen molar-refractivity contribution in [1.82, 2.24) is 25.0 Å². The number of carbonyl (C=O) groups is 1. The van der Waals surface area contributed by atoms with Crippen LogP contribution in [0.1, 0.15) is 24.9 Å². The van der Waals surface area contributed by atoms with Gasteiger partial charge < -0.3 is 0 Å². The smallest absolute Gasteiger partial charge is 0.236 e. The molecular formula is C16H17FN6OS2. The average Bonchev–Trinajstić information content (AvgIpc) is 3.19. The Hall–Kier alpha value is -2.33. The molecule has 136 valence electrons. The molecule has 0 aliphatic carbocycles. The van der Waals surface area contributed by atoms with Crippen LogP contribution >= 0.6 is 23.1 Å². The summed E-state index contributed by atoms with van der Waals surface area (Å²) in [4.78, 5) is 12.1. The number of halogens is 1. The van der Waals surface area contributed by atoms with Gasteiger partial charge in [0.05, 0.1) is 11.3 Å². The lowest BCUT2D eigenvalue weighted by atomic mass is 10.2. The van der Waals surface area contributed by atoms with Crippen LogP contribution in [0, 0.1) is 12.7 Å². The van der Waals surface area contributed by atoms with Crippen LogP contribution in [0.3, 0.4) is 0 Å². The van der Waals surface area contributed by atoms with E-state index in [2.05, 4.69) is 25.7 Å². The van der Waals surface area contributed by atoms with Crippen LogP contribution in [-0.2, 0) is 4.79 Å². The molecule has 0 unspecified atom stereocenters. The number of rotatable bonds is 6. The molecule has 1 aromatic carbocycles. The molecular weight excluding hydrogens is 375 g/mol. The predicted octanol–water partition coefficient (Wildman–Crippen LogP) is 3.56. The van der Waals surface area contributed by atoms with Crippen LogP contribution in [0.4, 0.5) is 9.52 Å². The number of hydrogen-bond donors (Lipinski definition) is 1. The maximum Gasteiger partial charge on any atom is 0.236 e. The molecule has 0 atom stereocenters. The van der Waals surface area contributed by atoms with E-state index in [-0.39, 0.29) is 23.5 Å². The standard InChI is InChI=1S/C16H17FN6OS2/c1-9(2)23-14(11-6-4-5-7-12(11)17)20-22-16(23)25-8-13(24)18-15-21-19-10(3)26-15/h4-7,9H,8H2,1-3H3,(H,18,21,24).